The molecule has 2 amide bonds. The van der Waals surface area contributed by atoms with Gasteiger partial charge in [0.2, 0.25) is 0 Å². The van der Waals surface area contributed by atoms with Crippen LogP contribution in [0.4, 0.5) is 14.9 Å². The van der Waals surface area contributed by atoms with E-state index in [1.54, 1.807) is 12.1 Å². The van der Waals surface area contributed by atoms with Crippen LogP contribution in [0.3, 0.4) is 0 Å². The van der Waals surface area contributed by atoms with Crippen LogP contribution in [0.2, 0.25) is 0 Å². The van der Waals surface area contributed by atoms with Gasteiger partial charge in [0.1, 0.15) is 5.82 Å². The molecule has 16 heavy (non-hydrogen) atoms. The van der Waals surface area contributed by atoms with Crippen molar-refractivity contribution in [3.8, 4) is 0 Å². The van der Waals surface area contributed by atoms with E-state index in [1.165, 1.54) is 6.07 Å². The van der Waals surface area contributed by atoms with E-state index in [2.05, 4.69) is 10.6 Å². The summed E-state index contributed by atoms with van der Waals surface area (Å²) in [5, 5.41) is 5.36. The second kappa shape index (κ2) is 4.49. The van der Waals surface area contributed by atoms with E-state index in [0.717, 1.165) is 12.8 Å². The molecule has 1 aromatic rings. The number of hydrogen-bond donors (Lipinski definition) is 3. The molecule has 1 aliphatic carbocycles. The SMILES string of the molecule is NCc1c(F)cccc1NC(=O)NC1CC1. The number of halogens is 1. The van der Waals surface area contributed by atoms with Crippen LogP contribution in [0.25, 0.3) is 0 Å². The van der Waals surface area contributed by atoms with Crippen molar-refractivity contribution in [2.75, 3.05) is 5.32 Å². The zero-order chi connectivity index (χ0) is 11.5. The standard InChI is InChI=1S/C11H14FN3O/c12-9-2-1-3-10(8(9)6-13)15-11(16)14-7-4-5-7/h1-3,7H,4-6,13H2,(H2,14,15,16). The molecular weight excluding hydrogens is 209 g/mol. The van der Waals surface area contributed by atoms with E-state index < -0.39 is 5.82 Å². The first kappa shape index (κ1) is 10.9. The molecule has 0 aromatic heterocycles. The minimum atomic E-state index is -0.397. The predicted molar refractivity (Wildman–Crippen MR) is 59.5 cm³/mol. The molecule has 0 bridgehead atoms. The minimum absolute atomic E-state index is 0.0612. The first-order valence-electron chi connectivity index (χ1n) is 5.25. The molecule has 0 aliphatic heterocycles. The highest BCUT2D eigenvalue weighted by atomic mass is 19.1. The van der Waals surface area contributed by atoms with Gasteiger partial charge in [0, 0.05) is 23.8 Å². The molecule has 0 radical (unpaired) electrons. The Hall–Kier alpha value is -1.62. The Labute approximate surface area is 93.0 Å². The summed E-state index contributed by atoms with van der Waals surface area (Å²) in [6, 6.07) is 4.48. The smallest absolute Gasteiger partial charge is 0.319 e. The molecule has 0 unspecified atom stereocenters. The lowest BCUT2D eigenvalue weighted by molar-refractivity contribution is 0.251. The number of rotatable bonds is 3. The molecule has 1 saturated carbocycles. The van der Waals surface area contributed by atoms with Crippen molar-refractivity contribution in [2.24, 2.45) is 5.73 Å². The summed E-state index contributed by atoms with van der Waals surface area (Å²) in [6.07, 6.45) is 2.03. The summed E-state index contributed by atoms with van der Waals surface area (Å²) >= 11 is 0. The Kier molecular flexibility index (Phi) is 3.05. The minimum Gasteiger partial charge on any atom is -0.335 e. The molecular formula is C11H14FN3O. The monoisotopic (exact) mass is 223 g/mol. The summed E-state index contributed by atoms with van der Waals surface area (Å²) < 4.78 is 13.3. The fourth-order valence-corrected chi connectivity index (χ4v) is 1.45. The highest BCUT2D eigenvalue weighted by Gasteiger charge is 2.23. The Morgan fingerprint density at radius 3 is 2.88 bits per heavy atom. The zero-order valence-electron chi connectivity index (χ0n) is 8.79. The van der Waals surface area contributed by atoms with Crippen LogP contribution in [-0.4, -0.2) is 12.1 Å². The number of hydrogen-bond acceptors (Lipinski definition) is 2. The summed E-state index contributed by atoms with van der Waals surface area (Å²) in [4.78, 5) is 11.5. The summed E-state index contributed by atoms with van der Waals surface area (Å²) in [5.74, 6) is -0.397. The average Bonchev–Trinajstić information content (AvgIpc) is 3.02. The lowest BCUT2D eigenvalue weighted by Crippen LogP contribution is -2.31. The first-order chi connectivity index (χ1) is 7.70. The molecule has 86 valence electrons. The maximum Gasteiger partial charge on any atom is 0.319 e. The molecule has 1 fully saturated rings. The second-order valence-electron chi connectivity index (χ2n) is 3.84. The van der Waals surface area contributed by atoms with Gasteiger partial charge in [-0.15, -0.1) is 0 Å². The summed E-state index contributed by atoms with van der Waals surface area (Å²) in [5.41, 5.74) is 6.19. The van der Waals surface area contributed by atoms with Gasteiger partial charge in [0.05, 0.1) is 0 Å². The van der Waals surface area contributed by atoms with Crippen molar-refractivity contribution < 1.29 is 9.18 Å². The van der Waals surface area contributed by atoms with Gasteiger partial charge in [-0.25, -0.2) is 9.18 Å². The Morgan fingerprint density at radius 1 is 1.50 bits per heavy atom. The van der Waals surface area contributed by atoms with Gasteiger partial charge in [-0.2, -0.15) is 0 Å². The largest absolute Gasteiger partial charge is 0.335 e. The Morgan fingerprint density at radius 2 is 2.25 bits per heavy atom. The number of nitrogens with one attached hydrogen (secondary N) is 2. The fraction of sp³-hybridized carbons (Fsp3) is 0.364. The van der Waals surface area contributed by atoms with Gasteiger partial charge in [-0.05, 0) is 25.0 Å². The van der Waals surface area contributed by atoms with Crippen molar-refractivity contribution in [1.29, 1.82) is 0 Å². The lowest BCUT2D eigenvalue weighted by Gasteiger charge is -2.11. The van der Waals surface area contributed by atoms with Gasteiger partial charge in [-0.3, -0.25) is 0 Å². The third-order valence-electron chi connectivity index (χ3n) is 2.48. The predicted octanol–water partition coefficient (Wildman–Crippen LogP) is 1.57. The van der Waals surface area contributed by atoms with E-state index in [1.807, 2.05) is 0 Å². The molecule has 5 heteroatoms. The van der Waals surface area contributed by atoms with Gasteiger partial charge >= 0.3 is 6.03 Å². The number of carbonyl (C=O) groups is 1. The normalized spacial score (nSPS) is 14.6. The number of nitrogens with two attached hydrogens (primary N) is 1. The highest BCUT2D eigenvalue weighted by molar-refractivity contribution is 5.90. The van der Waals surface area contributed by atoms with E-state index in [-0.39, 0.29) is 18.6 Å². The van der Waals surface area contributed by atoms with Gasteiger partial charge in [-0.1, -0.05) is 6.07 Å². The van der Waals surface area contributed by atoms with Crippen molar-refractivity contribution in [3.05, 3.63) is 29.6 Å². The van der Waals surface area contributed by atoms with Crippen LogP contribution in [0.5, 0.6) is 0 Å². The van der Waals surface area contributed by atoms with Gasteiger partial charge in [0.15, 0.2) is 0 Å². The molecule has 4 nitrogen and oxygen atoms in total. The number of carbonyl (C=O) groups excluding carboxylic acids is 1. The van der Waals surface area contributed by atoms with Crippen molar-refractivity contribution in [2.45, 2.75) is 25.4 Å². The molecule has 0 heterocycles. The highest BCUT2D eigenvalue weighted by Crippen LogP contribution is 2.20. The van der Waals surface area contributed by atoms with E-state index in [9.17, 15) is 9.18 Å². The van der Waals surface area contributed by atoms with E-state index >= 15 is 0 Å². The summed E-state index contributed by atoms with van der Waals surface area (Å²) in [7, 11) is 0. The number of anilines is 1. The van der Waals surface area contributed by atoms with Crippen LogP contribution in [0.15, 0.2) is 18.2 Å². The van der Waals surface area contributed by atoms with Crippen LogP contribution >= 0.6 is 0 Å². The molecule has 0 saturated heterocycles. The Bertz CT molecular complexity index is 404. The molecule has 0 spiro atoms. The maximum atomic E-state index is 13.3. The van der Waals surface area contributed by atoms with Crippen LogP contribution in [0.1, 0.15) is 18.4 Å². The fourth-order valence-electron chi connectivity index (χ4n) is 1.45. The van der Waals surface area contributed by atoms with E-state index in [0.29, 0.717) is 11.3 Å². The van der Waals surface area contributed by atoms with Crippen LogP contribution in [0, 0.1) is 5.82 Å². The first-order valence-corrected chi connectivity index (χ1v) is 5.25. The molecule has 4 N–H and O–H groups in total. The number of urea groups is 1. The number of amides is 2. The number of benzene rings is 1. The van der Waals surface area contributed by atoms with Crippen LogP contribution < -0.4 is 16.4 Å². The third kappa shape index (κ3) is 2.49. The molecule has 1 aliphatic rings. The Balaban J connectivity index is 2.07. The molecule has 2 rings (SSSR count). The van der Waals surface area contributed by atoms with Crippen molar-refractivity contribution in [3.63, 3.8) is 0 Å². The second-order valence-corrected chi connectivity index (χ2v) is 3.84. The van der Waals surface area contributed by atoms with E-state index in [4.69, 9.17) is 5.73 Å². The maximum absolute atomic E-state index is 13.3. The van der Waals surface area contributed by atoms with Gasteiger partial charge in [0.25, 0.3) is 0 Å². The third-order valence-corrected chi connectivity index (χ3v) is 2.48. The van der Waals surface area contributed by atoms with Crippen LogP contribution in [-0.2, 0) is 6.54 Å². The van der Waals surface area contributed by atoms with Gasteiger partial charge < -0.3 is 16.4 Å². The van der Waals surface area contributed by atoms with Crippen molar-refractivity contribution >= 4 is 11.7 Å². The quantitative estimate of drug-likeness (QED) is 0.728. The lowest BCUT2D eigenvalue weighted by atomic mass is 10.1. The average molecular weight is 223 g/mol. The molecule has 0 atom stereocenters. The topological polar surface area (TPSA) is 67.1 Å². The van der Waals surface area contributed by atoms with Crippen molar-refractivity contribution in [1.82, 2.24) is 5.32 Å². The summed E-state index contributed by atoms with van der Waals surface area (Å²) in [6.45, 7) is 0.0612. The molecule has 1 aromatic carbocycles. The zero-order valence-corrected chi connectivity index (χ0v) is 8.79.